The van der Waals surface area contributed by atoms with E-state index in [1.165, 1.54) is 35.4 Å². The molecule has 1 aliphatic rings. The first-order valence-corrected chi connectivity index (χ1v) is 8.52. The van der Waals surface area contributed by atoms with Gasteiger partial charge in [-0.1, -0.05) is 24.3 Å². The number of hydrogen-bond donors (Lipinski definition) is 1. The fourth-order valence-electron chi connectivity index (χ4n) is 3.06. The van der Waals surface area contributed by atoms with E-state index in [1.807, 2.05) is 17.0 Å². The van der Waals surface area contributed by atoms with E-state index in [0.717, 1.165) is 12.8 Å². The van der Waals surface area contributed by atoms with Gasteiger partial charge >= 0.3 is 0 Å². The molecular formula is C20H21FN2O2. The molecule has 0 aliphatic carbocycles. The number of amides is 2. The lowest BCUT2D eigenvalue weighted by molar-refractivity contribution is -0.130. The minimum absolute atomic E-state index is 0.0483. The number of fused-ring (bicyclic) bond motifs is 1. The third-order valence-electron chi connectivity index (χ3n) is 4.50. The molecule has 5 heteroatoms. The van der Waals surface area contributed by atoms with E-state index in [4.69, 9.17) is 0 Å². The van der Waals surface area contributed by atoms with Gasteiger partial charge in [0.1, 0.15) is 5.82 Å². The fourth-order valence-corrected chi connectivity index (χ4v) is 3.06. The maximum Gasteiger partial charge on any atom is 0.251 e. The Morgan fingerprint density at radius 2 is 1.56 bits per heavy atom. The Hall–Kier alpha value is -2.69. The van der Waals surface area contributed by atoms with Gasteiger partial charge in [-0.05, 0) is 48.2 Å². The summed E-state index contributed by atoms with van der Waals surface area (Å²) in [5.41, 5.74) is 3.00. The summed E-state index contributed by atoms with van der Waals surface area (Å²) in [7, 11) is 0. The zero-order valence-corrected chi connectivity index (χ0v) is 14.0. The molecule has 0 saturated heterocycles. The van der Waals surface area contributed by atoms with Crippen molar-refractivity contribution in [3.8, 4) is 0 Å². The van der Waals surface area contributed by atoms with Gasteiger partial charge in [-0.2, -0.15) is 0 Å². The average Bonchev–Trinajstić information content (AvgIpc) is 2.85. The number of hydrogen-bond acceptors (Lipinski definition) is 2. The van der Waals surface area contributed by atoms with E-state index in [2.05, 4.69) is 17.4 Å². The molecule has 2 aromatic rings. The molecule has 0 bridgehead atoms. The molecule has 0 saturated carbocycles. The average molecular weight is 340 g/mol. The lowest BCUT2D eigenvalue weighted by atomic mass is 10.0. The number of rotatable bonds is 4. The van der Waals surface area contributed by atoms with Gasteiger partial charge in [0.15, 0.2) is 0 Å². The summed E-state index contributed by atoms with van der Waals surface area (Å²) in [5, 5.41) is 2.71. The molecule has 0 radical (unpaired) electrons. The highest BCUT2D eigenvalue weighted by Gasteiger charge is 2.18. The monoisotopic (exact) mass is 340 g/mol. The molecule has 1 heterocycles. The first-order chi connectivity index (χ1) is 12.1. The second-order valence-corrected chi connectivity index (χ2v) is 6.16. The molecule has 1 N–H and O–H groups in total. The van der Waals surface area contributed by atoms with Gasteiger partial charge in [0.05, 0.1) is 0 Å². The Labute approximate surface area is 146 Å². The Kier molecular flexibility index (Phi) is 5.43. The lowest BCUT2D eigenvalue weighted by Crippen LogP contribution is -2.36. The van der Waals surface area contributed by atoms with Crippen LogP contribution in [-0.2, 0) is 17.6 Å². The van der Waals surface area contributed by atoms with Crippen LogP contribution >= 0.6 is 0 Å². The SMILES string of the molecule is O=C(NCCC(=O)N1CCc2ccccc2CC1)c1ccc(F)cc1. The Morgan fingerprint density at radius 1 is 0.960 bits per heavy atom. The van der Waals surface area contributed by atoms with Crippen molar-refractivity contribution in [2.45, 2.75) is 19.3 Å². The van der Waals surface area contributed by atoms with Crippen molar-refractivity contribution in [3.05, 3.63) is 71.0 Å². The van der Waals surface area contributed by atoms with Crippen molar-refractivity contribution in [1.29, 1.82) is 0 Å². The highest BCUT2D eigenvalue weighted by Crippen LogP contribution is 2.15. The van der Waals surface area contributed by atoms with Gasteiger partial charge in [0.25, 0.3) is 5.91 Å². The summed E-state index contributed by atoms with van der Waals surface area (Å²) in [5.74, 6) is -0.628. The lowest BCUT2D eigenvalue weighted by Gasteiger charge is -2.20. The quantitative estimate of drug-likeness (QED) is 0.930. The van der Waals surface area contributed by atoms with Crippen LogP contribution in [0.3, 0.4) is 0 Å². The summed E-state index contributed by atoms with van der Waals surface area (Å²) in [4.78, 5) is 26.2. The minimum atomic E-state index is -0.381. The van der Waals surface area contributed by atoms with E-state index in [1.54, 1.807) is 0 Å². The van der Waals surface area contributed by atoms with Gasteiger partial charge in [-0.3, -0.25) is 9.59 Å². The van der Waals surface area contributed by atoms with E-state index >= 15 is 0 Å². The molecule has 0 atom stereocenters. The van der Waals surface area contributed by atoms with Gasteiger partial charge in [-0.25, -0.2) is 4.39 Å². The Balaban J connectivity index is 1.47. The smallest absolute Gasteiger partial charge is 0.251 e. The van der Waals surface area contributed by atoms with Crippen LogP contribution in [0.4, 0.5) is 4.39 Å². The topological polar surface area (TPSA) is 49.4 Å². The summed E-state index contributed by atoms with van der Waals surface area (Å²) in [6, 6.07) is 13.6. The van der Waals surface area contributed by atoms with Crippen molar-refractivity contribution in [3.63, 3.8) is 0 Å². The van der Waals surface area contributed by atoms with E-state index in [-0.39, 0.29) is 30.6 Å². The highest BCUT2D eigenvalue weighted by atomic mass is 19.1. The molecule has 0 spiro atoms. The van der Waals surface area contributed by atoms with Crippen molar-refractivity contribution in [2.75, 3.05) is 19.6 Å². The second-order valence-electron chi connectivity index (χ2n) is 6.16. The zero-order valence-electron chi connectivity index (χ0n) is 14.0. The maximum absolute atomic E-state index is 12.9. The van der Waals surface area contributed by atoms with E-state index < -0.39 is 0 Å². The van der Waals surface area contributed by atoms with Crippen molar-refractivity contribution in [1.82, 2.24) is 10.2 Å². The second kappa shape index (κ2) is 7.92. The number of nitrogens with one attached hydrogen (secondary N) is 1. The third-order valence-corrected chi connectivity index (χ3v) is 4.50. The summed E-state index contributed by atoms with van der Waals surface area (Å²) in [6.45, 7) is 1.70. The van der Waals surface area contributed by atoms with Crippen LogP contribution in [0.1, 0.15) is 27.9 Å². The van der Waals surface area contributed by atoms with Crippen LogP contribution in [0, 0.1) is 5.82 Å². The van der Waals surface area contributed by atoms with Gasteiger partial charge in [0, 0.05) is 31.6 Å². The van der Waals surface area contributed by atoms with Crippen LogP contribution in [0.2, 0.25) is 0 Å². The maximum atomic E-state index is 12.9. The molecule has 2 aromatic carbocycles. The molecule has 130 valence electrons. The van der Waals surface area contributed by atoms with E-state index in [9.17, 15) is 14.0 Å². The molecule has 2 amide bonds. The number of carbonyl (C=O) groups is 2. The van der Waals surface area contributed by atoms with Gasteiger partial charge in [-0.15, -0.1) is 0 Å². The first kappa shape index (κ1) is 17.1. The van der Waals surface area contributed by atoms with Gasteiger partial charge in [0.2, 0.25) is 5.91 Å². The molecule has 0 unspecified atom stereocenters. The Bertz CT molecular complexity index is 732. The van der Waals surface area contributed by atoms with E-state index in [0.29, 0.717) is 18.7 Å². The highest BCUT2D eigenvalue weighted by molar-refractivity contribution is 5.94. The Morgan fingerprint density at radius 3 is 2.16 bits per heavy atom. The molecule has 0 fully saturated rings. The van der Waals surface area contributed by atoms with Crippen LogP contribution in [0.5, 0.6) is 0 Å². The predicted octanol–water partition coefficient (Wildman–Crippen LogP) is 2.57. The number of carbonyl (C=O) groups excluding carboxylic acids is 2. The molecule has 3 rings (SSSR count). The number of halogens is 1. The van der Waals surface area contributed by atoms with Crippen LogP contribution in [0.25, 0.3) is 0 Å². The van der Waals surface area contributed by atoms with Crippen LogP contribution in [0.15, 0.2) is 48.5 Å². The van der Waals surface area contributed by atoms with Crippen molar-refractivity contribution in [2.24, 2.45) is 0 Å². The first-order valence-electron chi connectivity index (χ1n) is 8.52. The molecular weight excluding hydrogens is 319 g/mol. The molecule has 0 aromatic heterocycles. The summed E-state index contributed by atoms with van der Waals surface area (Å²) >= 11 is 0. The standard InChI is InChI=1S/C20H21FN2O2/c21-18-7-5-17(6-8-18)20(25)22-12-9-19(24)23-13-10-15-3-1-2-4-16(15)11-14-23/h1-8H,9-14H2,(H,22,25). The summed E-state index contributed by atoms with van der Waals surface area (Å²) < 4.78 is 12.9. The zero-order chi connectivity index (χ0) is 17.6. The van der Waals surface area contributed by atoms with Gasteiger partial charge < -0.3 is 10.2 Å². The van der Waals surface area contributed by atoms with Crippen LogP contribution in [-0.4, -0.2) is 36.3 Å². The summed E-state index contributed by atoms with van der Waals surface area (Å²) in [6.07, 6.45) is 2.00. The number of benzene rings is 2. The normalized spacial score (nSPS) is 13.7. The van der Waals surface area contributed by atoms with Crippen LogP contribution < -0.4 is 5.32 Å². The number of nitrogens with zero attached hydrogens (tertiary/aromatic N) is 1. The fraction of sp³-hybridized carbons (Fsp3) is 0.300. The van der Waals surface area contributed by atoms with Crippen molar-refractivity contribution >= 4 is 11.8 Å². The third kappa shape index (κ3) is 4.44. The molecule has 1 aliphatic heterocycles. The molecule has 25 heavy (non-hydrogen) atoms. The minimum Gasteiger partial charge on any atom is -0.352 e. The van der Waals surface area contributed by atoms with Crippen molar-refractivity contribution < 1.29 is 14.0 Å². The largest absolute Gasteiger partial charge is 0.352 e. The predicted molar refractivity (Wildman–Crippen MR) is 93.8 cm³/mol. The molecule has 4 nitrogen and oxygen atoms in total.